The van der Waals surface area contributed by atoms with Crippen molar-refractivity contribution < 1.29 is 17.9 Å². The van der Waals surface area contributed by atoms with Crippen molar-refractivity contribution in [1.82, 2.24) is 0 Å². The van der Waals surface area contributed by atoms with E-state index < -0.39 is 12.8 Å². The lowest BCUT2D eigenvalue weighted by molar-refractivity contribution is -0.158. The molecule has 0 aliphatic carbocycles. The van der Waals surface area contributed by atoms with Crippen LogP contribution in [0, 0.1) is 11.3 Å². The lowest BCUT2D eigenvalue weighted by Gasteiger charge is -2.16. The molecule has 0 radical (unpaired) electrons. The Morgan fingerprint density at radius 3 is 2.50 bits per heavy atom. The van der Waals surface area contributed by atoms with E-state index in [0.717, 1.165) is 0 Å². The highest BCUT2D eigenvalue weighted by Crippen LogP contribution is 2.36. The van der Waals surface area contributed by atoms with Crippen LogP contribution in [0.15, 0.2) is 53.0 Å². The van der Waals surface area contributed by atoms with Gasteiger partial charge in [-0.25, -0.2) is 0 Å². The van der Waals surface area contributed by atoms with Crippen molar-refractivity contribution in [2.75, 3.05) is 6.61 Å². The monoisotopic (exact) mass is 507 g/mol. The maximum Gasteiger partial charge on any atom is 0.422 e. The van der Waals surface area contributed by atoms with Crippen molar-refractivity contribution in [2.45, 2.75) is 6.18 Å². The number of ether oxygens (including phenoxy) is 1. The molecule has 2 aromatic carbocycles. The maximum absolute atomic E-state index is 12.6. The molecule has 0 saturated carbocycles. The minimum Gasteiger partial charge on any atom is -0.482 e. The van der Waals surface area contributed by atoms with Crippen LogP contribution in [0.4, 0.5) is 13.2 Å². The van der Waals surface area contributed by atoms with E-state index in [2.05, 4.69) is 15.9 Å². The van der Waals surface area contributed by atoms with Gasteiger partial charge in [0.25, 0.3) is 0 Å². The fraction of sp³-hybridized carbons (Fsp3) is 0.118. The molecular weight excluding hydrogens is 498 g/mol. The Labute approximate surface area is 159 Å². The van der Waals surface area contributed by atoms with Crippen LogP contribution < -0.4 is 0 Å². The second kappa shape index (κ2) is 8.03. The van der Waals surface area contributed by atoms with Crippen molar-refractivity contribution in [3.63, 3.8) is 0 Å². The summed E-state index contributed by atoms with van der Waals surface area (Å²) >= 11 is 5.21. The highest BCUT2D eigenvalue weighted by Gasteiger charge is 2.29. The summed E-state index contributed by atoms with van der Waals surface area (Å²) in [5.41, 5.74) is 1.38. The molecule has 0 heterocycles. The minimum atomic E-state index is -4.46. The molecule has 0 aliphatic heterocycles. The van der Waals surface area contributed by atoms with Crippen molar-refractivity contribution in [3.8, 4) is 6.07 Å². The molecule has 0 bridgehead atoms. The Hall–Kier alpha value is -1.53. The predicted molar refractivity (Wildman–Crippen MR) is 98.1 cm³/mol. The summed E-state index contributed by atoms with van der Waals surface area (Å²) in [5, 5.41) is 9.22. The number of benzene rings is 2. The zero-order valence-electron chi connectivity index (χ0n) is 12.1. The molecule has 2 nitrogen and oxygen atoms in total. The summed E-state index contributed by atoms with van der Waals surface area (Å²) < 4.78 is 44.1. The molecule has 24 heavy (non-hydrogen) atoms. The van der Waals surface area contributed by atoms with Crippen LogP contribution in [0.2, 0.25) is 0 Å². The first kappa shape index (κ1) is 18.8. The minimum absolute atomic E-state index is 0.0805. The Morgan fingerprint density at radius 1 is 1.17 bits per heavy atom. The summed E-state index contributed by atoms with van der Waals surface area (Å²) in [6, 6.07) is 15.5. The number of halogens is 5. The molecule has 0 fully saturated rings. The number of hydrogen-bond acceptors (Lipinski definition) is 2. The molecular formula is C17H10BrF3INO. The Balaban J connectivity index is 2.57. The van der Waals surface area contributed by atoms with E-state index in [9.17, 15) is 18.4 Å². The highest BCUT2D eigenvalue weighted by molar-refractivity contribution is 14.1. The third kappa shape index (κ3) is 4.98. The second-order valence-corrected chi connectivity index (χ2v) is 6.71. The van der Waals surface area contributed by atoms with Gasteiger partial charge >= 0.3 is 6.18 Å². The van der Waals surface area contributed by atoms with E-state index in [-0.39, 0.29) is 5.76 Å². The zero-order chi connectivity index (χ0) is 17.7. The van der Waals surface area contributed by atoms with Gasteiger partial charge in [-0.1, -0.05) is 46.3 Å². The van der Waals surface area contributed by atoms with Gasteiger partial charge in [0, 0.05) is 15.6 Å². The summed E-state index contributed by atoms with van der Waals surface area (Å²) in [4.78, 5) is 0. The van der Waals surface area contributed by atoms with E-state index in [0.29, 0.717) is 24.7 Å². The second-order valence-electron chi connectivity index (χ2n) is 4.71. The predicted octanol–water partition coefficient (Wildman–Crippen LogP) is 6.16. The SMILES string of the molecule is N#Cc1ccccc1C(I)=C(OCC(F)(F)F)c1cccc(Br)c1. The van der Waals surface area contributed by atoms with Crippen molar-refractivity contribution in [3.05, 3.63) is 69.7 Å². The van der Waals surface area contributed by atoms with Crippen LogP contribution in [0.3, 0.4) is 0 Å². The van der Waals surface area contributed by atoms with Crippen LogP contribution in [-0.2, 0) is 4.74 Å². The Bertz CT molecular complexity index is 812. The largest absolute Gasteiger partial charge is 0.482 e. The average Bonchev–Trinajstić information content (AvgIpc) is 2.54. The van der Waals surface area contributed by atoms with Gasteiger partial charge in [-0.3, -0.25) is 0 Å². The van der Waals surface area contributed by atoms with Gasteiger partial charge < -0.3 is 4.74 Å². The fourth-order valence-corrected chi connectivity index (χ4v) is 3.29. The summed E-state index contributed by atoms with van der Waals surface area (Å²) in [7, 11) is 0. The van der Waals surface area contributed by atoms with Crippen LogP contribution >= 0.6 is 38.5 Å². The van der Waals surface area contributed by atoms with Crippen LogP contribution in [-0.4, -0.2) is 12.8 Å². The molecule has 0 saturated heterocycles. The molecule has 0 aliphatic rings. The summed E-state index contributed by atoms with van der Waals surface area (Å²) in [5.74, 6) is 0.0805. The quantitative estimate of drug-likeness (QED) is 0.282. The number of nitrogens with zero attached hydrogens (tertiary/aromatic N) is 1. The Kier molecular flexibility index (Phi) is 6.29. The number of rotatable bonds is 4. The summed E-state index contributed by atoms with van der Waals surface area (Å²) in [6.07, 6.45) is -4.46. The first-order chi connectivity index (χ1) is 11.3. The molecule has 124 valence electrons. The first-order valence-corrected chi connectivity index (χ1v) is 8.54. The van der Waals surface area contributed by atoms with E-state index in [1.807, 2.05) is 28.7 Å². The van der Waals surface area contributed by atoms with Gasteiger partial charge in [-0.2, -0.15) is 18.4 Å². The van der Waals surface area contributed by atoms with Crippen molar-refractivity contribution in [1.29, 1.82) is 5.26 Å². The average molecular weight is 508 g/mol. The number of alkyl halides is 3. The molecule has 0 atom stereocenters. The third-order valence-electron chi connectivity index (χ3n) is 2.95. The van der Waals surface area contributed by atoms with Gasteiger partial charge in [-0.15, -0.1) is 0 Å². The van der Waals surface area contributed by atoms with Gasteiger partial charge in [0.05, 0.1) is 15.2 Å². The molecule has 0 amide bonds. The highest BCUT2D eigenvalue weighted by atomic mass is 127. The maximum atomic E-state index is 12.6. The van der Waals surface area contributed by atoms with Gasteiger partial charge in [0.1, 0.15) is 5.76 Å². The lowest BCUT2D eigenvalue weighted by atomic mass is 10.1. The molecule has 2 rings (SSSR count). The van der Waals surface area contributed by atoms with Gasteiger partial charge in [0.15, 0.2) is 6.61 Å². The first-order valence-electron chi connectivity index (χ1n) is 6.66. The molecule has 0 N–H and O–H groups in total. The van der Waals surface area contributed by atoms with Crippen LogP contribution in [0.1, 0.15) is 16.7 Å². The van der Waals surface area contributed by atoms with E-state index in [1.165, 1.54) is 0 Å². The summed E-state index contributed by atoms with van der Waals surface area (Å²) in [6.45, 7) is -1.41. The number of nitriles is 1. The normalized spacial score (nSPS) is 12.3. The van der Waals surface area contributed by atoms with Gasteiger partial charge in [-0.05, 0) is 40.8 Å². The molecule has 0 unspecified atom stereocenters. The topological polar surface area (TPSA) is 33.0 Å². The lowest BCUT2D eigenvalue weighted by Crippen LogP contribution is -2.16. The van der Waals surface area contributed by atoms with E-state index in [1.54, 1.807) is 48.5 Å². The molecule has 7 heteroatoms. The standard InChI is InChI=1S/C17H10BrF3INO/c18-13-6-3-5-11(8-13)16(24-10-17(19,20)21)15(22)14-7-2-1-4-12(14)9-23/h1-8H,10H2. The molecule has 0 aromatic heterocycles. The van der Waals surface area contributed by atoms with E-state index >= 15 is 0 Å². The van der Waals surface area contributed by atoms with Gasteiger partial charge in [0.2, 0.25) is 0 Å². The number of hydrogen-bond donors (Lipinski definition) is 0. The third-order valence-corrected chi connectivity index (χ3v) is 4.51. The van der Waals surface area contributed by atoms with Crippen molar-refractivity contribution >= 4 is 47.9 Å². The van der Waals surface area contributed by atoms with E-state index in [4.69, 9.17) is 4.74 Å². The fourth-order valence-electron chi connectivity index (χ4n) is 1.95. The zero-order valence-corrected chi connectivity index (χ0v) is 15.8. The van der Waals surface area contributed by atoms with Crippen LogP contribution in [0.25, 0.3) is 9.34 Å². The smallest absolute Gasteiger partial charge is 0.422 e. The molecule has 0 spiro atoms. The van der Waals surface area contributed by atoms with Crippen LogP contribution in [0.5, 0.6) is 0 Å². The molecule has 2 aromatic rings. The Morgan fingerprint density at radius 2 is 1.88 bits per heavy atom. The van der Waals surface area contributed by atoms with Crippen molar-refractivity contribution in [2.24, 2.45) is 0 Å².